The van der Waals surface area contributed by atoms with Crippen molar-refractivity contribution in [2.75, 3.05) is 39.4 Å². The molecule has 0 rings (SSSR count). The molecule has 1 nitrogen and oxygen atoms in total. The molecule has 0 saturated carbocycles. The number of rotatable bonds is 4. The van der Waals surface area contributed by atoms with Crippen LogP contribution in [-0.4, -0.2) is 39.4 Å². The van der Waals surface area contributed by atoms with Crippen LogP contribution in [0.15, 0.2) is 0 Å². The van der Waals surface area contributed by atoms with Gasteiger partial charge in [0.05, 0.1) is 0 Å². The van der Waals surface area contributed by atoms with Crippen LogP contribution in [0.3, 0.4) is 0 Å². The summed E-state index contributed by atoms with van der Waals surface area (Å²) in [5.74, 6) is 0. The molecular formula is C7H19OP. The first-order valence-corrected chi connectivity index (χ1v) is 7.03. The quantitative estimate of drug-likeness (QED) is 0.554. The molecular weight excluding hydrogens is 131 g/mol. The molecule has 0 spiro atoms. The second-order valence-corrected chi connectivity index (χ2v) is 8.80. The Morgan fingerprint density at radius 3 is 2.22 bits per heavy atom. The zero-order valence-corrected chi connectivity index (χ0v) is 8.03. The summed E-state index contributed by atoms with van der Waals surface area (Å²) in [5, 5.41) is 0. The van der Waals surface area contributed by atoms with Crippen molar-refractivity contribution >= 4 is 7.26 Å². The first-order chi connectivity index (χ1) is 4.12. The Bertz CT molecular complexity index is 71.3. The molecule has 0 radical (unpaired) electrons. The fourth-order valence-electron chi connectivity index (χ4n) is 0.555. The van der Waals surface area contributed by atoms with Crippen molar-refractivity contribution in [1.82, 2.24) is 0 Å². The predicted octanol–water partition coefficient (Wildman–Crippen LogP) is 1.66. The molecule has 0 aromatic heterocycles. The van der Waals surface area contributed by atoms with Crippen molar-refractivity contribution in [1.29, 1.82) is 0 Å². The van der Waals surface area contributed by atoms with E-state index >= 15 is 0 Å². The molecule has 0 bridgehead atoms. The molecule has 0 amide bonds. The first kappa shape index (κ1) is 9.39. The molecule has 0 fully saturated rings. The summed E-state index contributed by atoms with van der Waals surface area (Å²) in [5.41, 5.74) is 0. The van der Waals surface area contributed by atoms with Gasteiger partial charge < -0.3 is 0 Å². The van der Waals surface area contributed by atoms with Gasteiger partial charge in [-0.1, -0.05) is 0 Å². The summed E-state index contributed by atoms with van der Waals surface area (Å²) < 4.78 is 5.01. The Morgan fingerprint density at radius 2 is 1.89 bits per heavy atom. The van der Waals surface area contributed by atoms with Crippen molar-refractivity contribution in [2.45, 2.75) is 6.92 Å². The Kier molecular flexibility index (Phi) is 4.43. The molecule has 0 aliphatic heterocycles. The second-order valence-electron chi connectivity index (χ2n) is 3.26. The number of ether oxygens (including phenoxy) is 1. The fourth-order valence-corrected chi connectivity index (χ4v) is 1.67. The van der Waals surface area contributed by atoms with Crippen molar-refractivity contribution in [3.63, 3.8) is 0 Å². The third-order valence-electron chi connectivity index (χ3n) is 1.94. The van der Waals surface area contributed by atoms with Crippen LogP contribution >= 0.6 is 7.26 Å². The summed E-state index contributed by atoms with van der Waals surface area (Å²) in [7, 11) is 0.955. The summed E-state index contributed by atoms with van der Waals surface area (Å²) in [6.07, 6.45) is 2.68. The summed E-state index contributed by atoms with van der Waals surface area (Å²) >= 11 is 0. The molecule has 0 heterocycles. The minimum atomic E-state index is -0.823. The predicted molar refractivity (Wildman–Crippen MR) is 47.4 cm³/mol. The van der Waals surface area contributed by atoms with Gasteiger partial charge in [0.1, 0.15) is 0 Å². The van der Waals surface area contributed by atoms with Crippen molar-refractivity contribution < 1.29 is 4.74 Å². The molecule has 9 heavy (non-hydrogen) atoms. The van der Waals surface area contributed by atoms with E-state index in [0.29, 0.717) is 0 Å². The minimum absolute atomic E-state index is 0.823. The van der Waals surface area contributed by atoms with Gasteiger partial charge >= 0.3 is 58.3 Å². The van der Waals surface area contributed by atoms with E-state index in [1.165, 1.54) is 12.3 Å². The zero-order valence-electron chi connectivity index (χ0n) is 7.03. The van der Waals surface area contributed by atoms with Crippen molar-refractivity contribution in [3.05, 3.63) is 0 Å². The summed E-state index contributed by atoms with van der Waals surface area (Å²) in [6.45, 7) is 8.05. The molecule has 0 aromatic rings. The molecule has 0 atom stereocenters. The van der Waals surface area contributed by atoms with Gasteiger partial charge in [-0.25, -0.2) is 0 Å². The van der Waals surface area contributed by atoms with Gasteiger partial charge in [0.2, 0.25) is 0 Å². The van der Waals surface area contributed by atoms with Crippen LogP contribution in [0.2, 0.25) is 0 Å². The van der Waals surface area contributed by atoms with Gasteiger partial charge in [-0.15, -0.1) is 0 Å². The Morgan fingerprint density at radius 1 is 1.33 bits per heavy atom. The van der Waals surface area contributed by atoms with Gasteiger partial charge in [0.15, 0.2) is 0 Å². The molecule has 0 aromatic carbocycles. The van der Waals surface area contributed by atoms with Gasteiger partial charge in [-0.3, -0.25) is 0 Å². The Hall–Kier alpha value is 0.390. The average molecular weight is 150 g/mol. The molecule has 58 valence electrons. The SMILES string of the molecule is CC[PH](C)(C)CCOC. The summed E-state index contributed by atoms with van der Waals surface area (Å²) in [6, 6.07) is 0. The van der Waals surface area contributed by atoms with Crippen molar-refractivity contribution in [2.24, 2.45) is 0 Å². The van der Waals surface area contributed by atoms with E-state index in [1.807, 2.05) is 0 Å². The standard InChI is InChI=1S/C7H19OP/c1-5-9(3,4)7-6-8-2/h9H,5-7H2,1-4H3. The van der Waals surface area contributed by atoms with Crippen LogP contribution in [0.5, 0.6) is 0 Å². The van der Waals surface area contributed by atoms with Gasteiger partial charge in [-0.2, -0.15) is 0 Å². The van der Waals surface area contributed by atoms with E-state index in [0.717, 1.165) is 6.61 Å². The van der Waals surface area contributed by atoms with Gasteiger partial charge in [0.25, 0.3) is 0 Å². The normalized spacial score (nSPS) is 13.8. The third-order valence-corrected chi connectivity index (χ3v) is 5.41. The van der Waals surface area contributed by atoms with E-state index in [2.05, 4.69) is 20.3 Å². The van der Waals surface area contributed by atoms with Crippen LogP contribution in [0, 0.1) is 0 Å². The van der Waals surface area contributed by atoms with E-state index in [9.17, 15) is 0 Å². The molecule has 0 N–H and O–H groups in total. The molecule has 0 saturated heterocycles. The van der Waals surface area contributed by atoms with E-state index in [1.54, 1.807) is 7.11 Å². The summed E-state index contributed by atoms with van der Waals surface area (Å²) in [4.78, 5) is 0. The topological polar surface area (TPSA) is 9.23 Å². The number of methoxy groups -OCH3 is 1. The fraction of sp³-hybridized carbons (Fsp3) is 1.00. The van der Waals surface area contributed by atoms with E-state index in [4.69, 9.17) is 4.74 Å². The molecule has 0 unspecified atom stereocenters. The average Bonchev–Trinajstić information content (AvgIpc) is 1.84. The second kappa shape index (κ2) is 4.24. The molecule has 2 heteroatoms. The van der Waals surface area contributed by atoms with Crippen LogP contribution in [0.25, 0.3) is 0 Å². The Labute approximate surface area is 59.1 Å². The van der Waals surface area contributed by atoms with E-state index < -0.39 is 7.26 Å². The number of hydrogen-bond acceptors (Lipinski definition) is 1. The Balaban J connectivity index is 3.33. The first-order valence-electron chi connectivity index (χ1n) is 3.61. The zero-order chi connectivity index (χ0) is 7.33. The van der Waals surface area contributed by atoms with Crippen LogP contribution in [0.1, 0.15) is 6.92 Å². The maximum absolute atomic E-state index is 5.01. The van der Waals surface area contributed by atoms with Gasteiger partial charge in [-0.05, 0) is 0 Å². The maximum atomic E-state index is 5.01. The van der Waals surface area contributed by atoms with E-state index in [-0.39, 0.29) is 0 Å². The van der Waals surface area contributed by atoms with Crippen LogP contribution in [0.4, 0.5) is 0 Å². The van der Waals surface area contributed by atoms with Crippen LogP contribution in [-0.2, 0) is 4.74 Å². The third kappa shape index (κ3) is 4.87. The molecule has 0 aliphatic carbocycles. The van der Waals surface area contributed by atoms with Crippen molar-refractivity contribution in [3.8, 4) is 0 Å². The van der Waals surface area contributed by atoms with Crippen LogP contribution < -0.4 is 0 Å². The van der Waals surface area contributed by atoms with Gasteiger partial charge in [0, 0.05) is 0 Å². The molecule has 0 aliphatic rings. The monoisotopic (exact) mass is 150 g/mol. The number of hydrogen-bond donors (Lipinski definition) is 0.